The van der Waals surface area contributed by atoms with Crippen LogP contribution >= 0.6 is 0 Å². The molecule has 4 nitrogen and oxygen atoms in total. The van der Waals surface area contributed by atoms with Gasteiger partial charge in [0.2, 0.25) is 5.91 Å². The zero-order valence-corrected chi connectivity index (χ0v) is 12.3. The Kier molecular flexibility index (Phi) is 2.97. The van der Waals surface area contributed by atoms with Crippen molar-refractivity contribution in [2.45, 2.75) is 32.6 Å². The standard InChI is InChI=1S/C17H17NO3/c1-4-14-11(7-8-21-14)15(19)10-5-6-13-12(9-10)17(2,3)16(20)18-13/h5-9H,4H2,1-3H3,(H,18,20). The van der Waals surface area contributed by atoms with Crippen LogP contribution in [0, 0.1) is 0 Å². The van der Waals surface area contributed by atoms with Crippen LogP contribution in [-0.2, 0) is 16.6 Å². The summed E-state index contributed by atoms with van der Waals surface area (Å²) in [5.74, 6) is 0.576. The molecule has 1 aliphatic heterocycles. The molecule has 108 valence electrons. The molecule has 21 heavy (non-hydrogen) atoms. The third-order valence-corrected chi connectivity index (χ3v) is 4.08. The van der Waals surface area contributed by atoms with Crippen LogP contribution in [0.2, 0.25) is 0 Å². The fourth-order valence-corrected chi connectivity index (χ4v) is 2.68. The largest absolute Gasteiger partial charge is 0.469 e. The molecule has 0 spiro atoms. The summed E-state index contributed by atoms with van der Waals surface area (Å²) in [6.07, 6.45) is 2.21. The second-order valence-electron chi connectivity index (χ2n) is 5.78. The van der Waals surface area contributed by atoms with Gasteiger partial charge in [-0.15, -0.1) is 0 Å². The fourth-order valence-electron chi connectivity index (χ4n) is 2.68. The van der Waals surface area contributed by atoms with Crippen molar-refractivity contribution in [3.05, 3.63) is 53.0 Å². The van der Waals surface area contributed by atoms with E-state index in [0.29, 0.717) is 23.3 Å². The molecular formula is C17H17NO3. The van der Waals surface area contributed by atoms with Gasteiger partial charge in [-0.3, -0.25) is 9.59 Å². The maximum Gasteiger partial charge on any atom is 0.234 e. The monoisotopic (exact) mass is 283 g/mol. The molecule has 3 rings (SSSR count). The lowest BCUT2D eigenvalue weighted by Gasteiger charge is -2.15. The third kappa shape index (κ3) is 1.98. The summed E-state index contributed by atoms with van der Waals surface area (Å²) in [4.78, 5) is 24.6. The average Bonchev–Trinajstić information content (AvgIpc) is 3.02. The van der Waals surface area contributed by atoms with Gasteiger partial charge in [-0.1, -0.05) is 6.92 Å². The van der Waals surface area contributed by atoms with Crippen LogP contribution in [0.25, 0.3) is 0 Å². The summed E-state index contributed by atoms with van der Waals surface area (Å²) in [5, 5.41) is 2.84. The number of carbonyl (C=O) groups is 2. The van der Waals surface area contributed by atoms with Crippen LogP contribution in [0.3, 0.4) is 0 Å². The van der Waals surface area contributed by atoms with E-state index < -0.39 is 5.41 Å². The second-order valence-corrected chi connectivity index (χ2v) is 5.78. The van der Waals surface area contributed by atoms with Crippen molar-refractivity contribution < 1.29 is 14.0 Å². The number of ketones is 1. The number of hydrogen-bond acceptors (Lipinski definition) is 3. The number of carbonyl (C=O) groups excluding carboxylic acids is 2. The van der Waals surface area contributed by atoms with Gasteiger partial charge in [0.05, 0.1) is 17.2 Å². The molecule has 0 unspecified atom stereocenters. The molecule has 0 aliphatic carbocycles. The normalized spacial score (nSPS) is 15.7. The van der Waals surface area contributed by atoms with Crippen molar-refractivity contribution in [1.82, 2.24) is 0 Å². The third-order valence-electron chi connectivity index (χ3n) is 4.08. The summed E-state index contributed by atoms with van der Waals surface area (Å²) < 4.78 is 5.32. The summed E-state index contributed by atoms with van der Waals surface area (Å²) in [6, 6.07) is 7.04. The highest BCUT2D eigenvalue weighted by atomic mass is 16.3. The van der Waals surface area contributed by atoms with Gasteiger partial charge in [-0.2, -0.15) is 0 Å². The zero-order chi connectivity index (χ0) is 15.2. The van der Waals surface area contributed by atoms with E-state index in [9.17, 15) is 9.59 Å². The molecule has 1 amide bonds. The molecule has 2 aromatic rings. The van der Waals surface area contributed by atoms with E-state index in [0.717, 1.165) is 11.3 Å². The first-order valence-electron chi connectivity index (χ1n) is 7.02. The molecule has 4 heteroatoms. The Morgan fingerprint density at radius 3 is 2.76 bits per heavy atom. The number of furan rings is 1. The molecule has 0 fully saturated rings. The first kappa shape index (κ1) is 13.6. The van der Waals surface area contributed by atoms with E-state index >= 15 is 0 Å². The molecule has 0 saturated heterocycles. The SMILES string of the molecule is CCc1occc1C(=O)c1ccc2c(c1)C(C)(C)C(=O)N2. The molecule has 1 aromatic heterocycles. The van der Waals surface area contributed by atoms with E-state index in [1.54, 1.807) is 18.2 Å². The summed E-state index contributed by atoms with van der Waals surface area (Å²) in [5.41, 5.74) is 2.20. The van der Waals surface area contributed by atoms with E-state index in [1.807, 2.05) is 26.8 Å². The molecule has 1 aliphatic rings. The van der Waals surface area contributed by atoms with E-state index in [-0.39, 0.29) is 11.7 Å². The van der Waals surface area contributed by atoms with Gasteiger partial charge < -0.3 is 9.73 Å². The summed E-state index contributed by atoms with van der Waals surface area (Å²) in [6.45, 7) is 5.67. The highest BCUT2D eigenvalue weighted by Gasteiger charge is 2.38. The lowest BCUT2D eigenvalue weighted by Crippen LogP contribution is -2.27. The highest BCUT2D eigenvalue weighted by molar-refractivity contribution is 6.12. The van der Waals surface area contributed by atoms with Crippen molar-refractivity contribution in [1.29, 1.82) is 0 Å². The second kappa shape index (κ2) is 4.58. The number of nitrogens with one attached hydrogen (secondary N) is 1. The molecule has 0 saturated carbocycles. The van der Waals surface area contributed by atoms with Crippen molar-refractivity contribution >= 4 is 17.4 Å². The van der Waals surface area contributed by atoms with Crippen LogP contribution in [0.1, 0.15) is 48.0 Å². The smallest absolute Gasteiger partial charge is 0.234 e. The Balaban J connectivity index is 2.05. The van der Waals surface area contributed by atoms with Gasteiger partial charge in [-0.05, 0) is 43.7 Å². The van der Waals surface area contributed by atoms with Gasteiger partial charge in [0.1, 0.15) is 5.76 Å². The molecule has 0 atom stereocenters. The maximum absolute atomic E-state index is 12.6. The van der Waals surface area contributed by atoms with Crippen molar-refractivity contribution in [3.8, 4) is 0 Å². The minimum atomic E-state index is -0.615. The fraction of sp³-hybridized carbons (Fsp3) is 0.294. The number of fused-ring (bicyclic) bond motifs is 1. The zero-order valence-electron chi connectivity index (χ0n) is 12.3. The first-order chi connectivity index (χ1) is 9.95. The molecule has 2 heterocycles. The number of hydrogen-bond donors (Lipinski definition) is 1. The van der Waals surface area contributed by atoms with Gasteiger partial charge in [0, 0.05) is 17.7 Å². The average molecular weight is 283 g/mol. The van der Waals surface area contributed by atoms with Crippen molar-refractivity contribution in [3.63, 3.8) is 0 Å². The maximum atomic E-state index is 12.6. The first-order valence-corrected chi connectivity index (χ1v) is 7.02. The summed E-state index contributed by atoms with van der Waals surface area (Å²) in [7, 11) is 0. The number of anilines is 1. The lowest BCUT2D eigenvalue weighted by atomic mass is 9.84. The Morgan fingerprint density at radius 2 is 2.05 bits per heavy atom. The minimum absolute atomic E-state index is 0.0420. The number of benzene rings is 1. The van der Waals surface area contributed by atoms with Crippen LogP contribution in [-0.4, -0.2) is 11.7 Å². The Bertz CT molecular complexity index is 740. The number of rotatable bonds is 3. The van der Waals surface area contributed by atoms with Crippen LogP contribution in [0.5, 0.6) is 0 Å². The Labute approximate surface area is 123 Å². The van der Waals surface area contributed by atoms with E-state index in [2.05, 4.69) is 5.32 Å². The Hall–Kier alpha value is -2.36. The number of amides is 1. The van der Waals surface area contributed by atoms with Gasteiger partial charge in [0.15, 0.2) is 5.78 Å². The van der Waals surface area contributed by atoms with E-state index in [1.165, 1.54) is 6.26 Å². The van der Waals surface area contributed by atoms with Gasteiger partial charge >= 0.3 is 0 Å². The van der Waals surface area contributed by atoms with Crippen molar-refractivity contribution in [2.24, 2.45) is 0 Å². The topological polar surface area (TPSA) is 59.3 Å². The molecule has 1 N–H and O–H groups in total. The number of aryl methyl sites for hydroxylation is 1. The Morgan fingerprint density at radius 1 is 1.29 bits per heavy atom. The molecule has 0 bridgehead atoms. The lowest BCUT2D eigenvalue weighted by molar-refractivity contribution is -0.119. The van der Waals surface area contributed by atoms with Crippen molar-refractivity contribution in [2.75, 3.05) is 5.32 Å². The minimum Gasteiger partial charge on any atom is -0.469 e. The van der Waals surface area contributed by atoms with Crippen LogP contribution in [0.15, 0.2) is 34.9 Å². The van der Waals surface area contributed by atoms with E-state index in [4.69, 9.17) is 4.42 Å². The molecule has 0 radical (unpaired) electrons. The van der Waals surface area contributed by atoms with Gasteiger partial charge in [0.25, 0.3) is 0 Å². The summed E-state index contributed by atoms with van der Waals surface area (Å²) >= 11 is 0. The highest BCUT2D eigenvalue weighted by Crippen LogP contribution is 2.38. The quantitative estimate of drug-likeness (QED) is 0.879. The van der Waals surface area contributed by atoms with Gasteiger partial charge in [-0.25, -0.2) is 0 Å². The van der Waals surface area contributed by atoms with Crippen LogP contribution < -0.4 is 5.32 Å². The molecular weight excluding hydrogens is 266 g/mol. The predicted octanol–water partition coefficient (Wildman–Crippen LogP) is 3.30. The van der Waals surface area contributed by atoms with Crippen LogP contribution in [0.4, 0.5) is 5.69 Å². The molecule has 1 aromatic carbocycles. The predicted molar refractivity (Wildman–Crippen MR) is 79.6 cm³/mol.